The van der Waals surface area contributed by atoms with E-state index < -0.39 is 0 Å². The third-order valence-corrected chi connectivity index (χ3v) is 3.41. The molecule has 2 unspecified atom stereocenters. The van der Waals surface area contributed by atoms with Gasteiger partial charge in [0, 0.05) is 5.41 Å². The first-order valence-corrected chi connectivity index (χ1v) is 5.50. The van der Waals surface area contributed by atoms with E-state index in [1.165, 1.54) is 5.57 Å². The molecule has 0 saturated heterocycles. The van der Waals surface area contributed by atoms with Crippen LogP contribution in [0.4, 0.5) is 0 Å². The third-order valence-electron chi connectivity index (χ3n) is 3.41. The van der Waals surface area contributed by atoms with Gasteiger partial charge in [-0.25, -0.2) is 4.57 Å². The van der Waals surface area contributed by atoms with Crippen molar-refractivity contribution in [3.05, 3.63) is 42.5 Å². The van der Waals surface area contributed by atoms with Crippen molar-refractivity contribution in [1.29, 1.82) is 0 Å². The Bertz CT molecular complexity index is 387. The molecule has 1 aromatic rings. The number of hydrogen-bond acceptors (Lipinski definition) is 0. The van der Waals surface area contributed by atoms with Gasteiger partial charge in [-0.05, 0) is 12.8 Å². The Morgan fingerprint density at radius 2 is 2.33 bits per heavy atom. The van der Waals surface area contributed by atoms with Crippen LogP contribution in [0.1, 0.15) is 20.8 Å². The molecule has 0 saturated carbocycles. The molecule has 0 bridgehead atoms. The highest BCUT2D eigenvalue weighted by molar-refractivity contribution is 5.25. The van der Waals surface area contributed by atoms with Gasteiger partial charge in [0.1, 0.15) is 12.4 Å². The van der Waals surface area contributed by atoms with E-state index >= 15 is 0 Å². The van der Waals surface area contributed by atoms with Crippen LogP contribution >= 0.6 is 0 Å². The molecule has 1 N–H and O–H groups in total. The minimum Gasteiger partial charge on any atom is -0.250 e. The molecule has 1 aromatic heterocycles. The molecule has 15 heavy (non-hydrogen) atoms. The van der Waals surface area contributed by atoms with Gasteiger partial charge in [0.25, 0.3) is 0 Å². The van der Waals surface area contributed by atoms with Crippen molar-refractivity contribution in [2.45, 2.75) is 27.3 Å². The molecule has 0 spiro atoms. The zero-order chi connectivity index (χ0) is 10.9. The van der Waals surface area contributed by atoms with E-state index in [-0.39, 0.29) is 5.41 Å². The van der Waals surface area contributed by atoms with E-state index in [2.05, 4.69) is 54.7 Å². The Labute approximate surface area is 91.3 Å². The van der Waals surface area contributed by atoms with Crippen LogP contribution in [0, 0.1) is 11.3 Å². The van der Waals surface area contributed by atoms with E-state index in [0.717, 1.165) is 6.54 Å². The second kappa shape index (κ2) is 3.69. The molecule has 0 aliphatic heterocycles. The molecular formula is C13H19N2+. The zero-order valence-electron chi connectivity index (χ0n) is 9.70. The van der Waals surface area contributed by atoms with Crippen LogP contribution < -0.4 is 4.57 Å². The molecule has 0 fully saturated rings. The fraction of sp³-hybridized carbons (Fsp3) is 0.462. The first-order valence-electron chi connectivity index (χ1n) is 5.50. The Kier molecular flexibility index (Phi) is 2.51. The molecule has 0 radical (unpaired) electrons. The average molecular weight is 203 g/mol. The number of H-pyrrole nitrogens is 1. The summed E-state index contributed by atoms with van der Waals surface area (Å²) >= 11 is 0. The van der Waals surface area contributed by atoms with E-state index in [4.69, 9.17) is 0 Å². The molecule has 2 heteroatoms. The summed E-state index contributed by atoms with van der Waals surface area (Å²) in [6, 6.07) is 0. The number of aromatic amines is 1. The highest BCUT2D eigenvalue weighted by Gasteiger charge is 2.31. The SMILES string of the molecule is CC1=CC(C)C(C)(C[n+]2cc[nH]c2)C=C1. The van der Waals surface area contributed by atoms with Crippen molar-refractivity contribution in [1.82, 2.24) is 4.98 Å². The van der Waals surface area contributed by atoms with E-state index in [1.54, 1.807) is 0 Å². The first-order chi connectivity index (χ1) is 7.10. The van der Waals surface area contributed by atoms with E-state index in [1.807, 2.05) is 12.5 Å². The van der Waals surface area contributed by atoms with Crippen molar-refractivity contribution in [2.75, 3.05) is 0 Å². The summed E-state index contributed by atoms with van der Waals surface area (Å²) in [7, 11) is 0. The topological polar surface area (TPSA) is 19.7 Å². The number of aromatic nitrogens is 2. The minimum absolute atomic E-state index is 0.229. The summed E-state index contributed by atoms with van der Waals surface area (Å²) in [5, 5.41) is 0. The Morgan fingerprint density at radius 3 is 2.93 bits per heavy atom. The predicted octanol–water partition coefficient (Wildman–Crippen LogP) is 2.46. The maximum absolute atomic E-state index is 3.08. The summed E-state index contributed by atoms with van der Waals surface area (Å²) in [6.07, 6.45) is 13.0. The van der Waals surface area contributed by atoms with Crippen LogP contribution in [0.25, 0.3) is 0 Å². The van der Waals surface area contributed by atoms with Gasteiger partial charge in [-0.3, -0.25) is 4.98 Å². The highest BCUT2D eigenvalue weighted by atomic mass is 15.0. The van der Waals surface area contributed by atoms with Gasteiger partial charge >= 0.3 is 0 Å². The van der Waals surface area contributed by atoms with Gasteiger partial charge in [-0.1, -0.05) is 37.6 Å². The summed E-state index contributed by atoms with van der Waals surface area (Å²) in [6.45, 7) is 7.80. The highest BCUT2D eigenvalue weighted by Crippen LogP contribution is 2.34. The number of nitrogens with zero attached hydrogens (tertiary/aromatic N) is 1. The summed E-state index contributed by atoms with van der Waals surface area (Å²) in [4.78, 5) is 3.08. The molecule has 1 heterocycles. The van der Waals surface area contributed by atoms with E-state index in [0.29, 0.717) is 5.92 Å². The molecule has 1 aliphatic carbocycles. The van der Waals surface area contributed by atoms with Crippen LogP contribution in [0.15, 0.2) is 42.5 Å². The largest absolute Gasteiger partial charge is 0.250 e. The van der Waals surface area contributed by atoms with Gasteiger partial charge in [0.05, 0.1) is 6.54 Å². The van der Waals surface area contributed by atoms with Crippen molar-refractivity contribution in [2.24, 2.45) is 11.3 Å². The molecule has 0 amide bonds. The molecule has 2 rings (SSSR count). The van der Waals surface area contributed by atoms with Crippen molar-refractivity contribution < 1.29 is 4.57 Å². The number of allylic oxidation sites excluding steroid dienone is 4. The van der Waals surface area contributed by atoms with Crippen LogP contribution in [-0.4, -0.2) is 4.98 Å². The first kappa shape index (κ1) is 10.2. The van der Waals surface area contributed by atoms with Crippen molar-refractivity contribution in [3.63, 3.8) is 0 Å². The number of hydrogen-bond donors (Lipinski definition) is 1. The summed E-state index contributed by atoms with van der Waals surface area (Å²) in [5.41, 5.74) is 1.60. The van der Waals surface area contributed by atoms with Crippen LogP contribution in [0.3, 0.4) is 0 Å². The quantitative estimate of drug-likeness (QED) is 0.712. The molecular weight excluding hydrogens is 184 g/mol. The Hall–Kier alpha value is -1.31. The average Bonchev–Trinajstić information content (AvgIpc) is 2.65. The Balaban J connectivity index is 2.18. The maximum atomic E-state index is 3.08. The van der Waals surface area contributed by atoms with Gasteiger partial charge in [-0.15, -0.1) is 0 Å². The van der Waals surface area contributed by atoms with Crippen LogP contribution in [-0.2, 0) is 6.54 Å². The molecule has 0 aromatic carbocycles. The lowest BCUT2D eigenvalue weighted by atomic mass is 9.74. The molecule has 1 aliphatic rings. The van der Waals surface area contributed by atoms with Crippen molar-refractivity contribution >= 4 is 0 Å². The Morgan fingerprint density at radius 1 is 1.53 bits per heavy atom. The normalized spacial score (nSPS) is 30.3. The fourth-order valence-electron chi connectivity index (χ4n) is 2.12. The zero-order valence-corrected chi connectivity index (χ0v) is 9.70. The second-order valence-electron chi connectivity index (χ2n) is 4.82. The monoisotopic (exact) mass is 203 g/mol. The standard InChI is InChI=1S/C13H18N2/c1-11-4-5-13(3,12(2)8-11)9-15-7-6-14-10-15/h4-8,10,12H,9H2,1-3H3/p+1. The van der Waals surface area contributed by atoms with Gasteiger partial charge in [0.15, 0.2) is 0 Å². The van der Waals surface area contributed by atoms with Gasteiger partial charge in [0.2, 0.25) is 6.33 Å². The molecule has 2 atom stereocenters. The number of imidazole rings is 1. The molecule has 2 nitrogen and oxygen atoms in total. The second-order valence-corrected chi connectivity index (χ2v) is 4.82. The maximum Gasteiger partial charge on any atom is 0.241 e. The van der Waals surface area contributed by atoms with Crippen LogP contribution in [0.5, 0.6) is 0 Å². The summed E-state index contributed by atoms with van der Waals surface area (Å²) in [5.74, 6) is 0.588. The fourth-order valence-corrected chi connectivity index (χ4v) is 2.12. The smallest absolute Gasteiger partial charge is 0.241 e. The van der Waals surface area contributed by atoms with Crippen molar-refractivity contribution in [3.8, 4) is 0 Å². The lowest BCUT2D eigenvalue weighted by Crippen LogP contribution is -2.43. The number of rotatable bonds is 2. The molecule has 80 valence electrons. The van der Waals surface area contributed by atoms with Gasteiger partial charge in [-0.2, -0.15) is 0 Å². The minimum atomic E-state index is 0.229. The third kappa shape index (κ3) is 2.04. The number of nitrogens with one attached hydrogen (secondary N) is 1. The lowest BCUT2D eigenvalue weighted by molar-refractivity contribution is -0.707. The van der Waals surface area contributed by atoms with Crippen LogP contribution in [0.2, 0.25) is 0 Å². The van der Waals surface area contributed by atoms with E-state index in [9.17, 15) is 0 Å². The lowest BCUT2D eigenvalue weighted by Gasteiger charge is -2.32. The van der Waals surface area contributed by atoms with Gasteiger partial charge < -0.3 is 0 Å². The predicted molar refractivity (Wildman–Crippen MR) is 61.2 cm³/mol. The summed E-state index contributed by atoms with van der Waals surface area (Å²) < 4.78 is 2.20.